The Balaban J connectivity index is 1.48. The van der Waals surface area contributed by atoms with Crippen LogP contribution in [0.4, 0.5) is 0 Å². The van der Waals surface area contributed by atoms with E-state index in [4.69, 9.17) is 9.47 Å². The maximum atomic E-state index is 5.96. The van der Waals surface area contributed by atoms with E-state index in [1.807, 2.05) is 7.11 Å². The Morgan fingerprint density at radius 1 is 1.24 bits per heavy atom. The summed E-state index contributed by atoms with van der Waals surface area (Å²) < 4.78 is 11.6. The highest BCUT2D eigenvalue weighted by Gasteiger charge is 2.43. The van der Waals surface area contributed by atoms with Crippen molar-refractivity contribution in [3.05, 3.63) is 0 Å². The van der Waals surface area contributed by atoms with E-state index >= 15 is 0 Å². The fourth-order valence-corrected chi connectivity index (χ4v) is 3.48. The van der Waals surface area contributed by atoms with Crippen molar-refractivity contribution in [1.82, 2.24) is 5.32 Å². The van der Waals surface area contributed by atoms with Gasteiger partial charge in [0.15, 0.2) is 0 Å². The van der Waals surface area contributed by atoms with Gasteiger partial charge in [-0.25, -0.2) is 0 Å². The van der Waals surface area contributed by atoms with Gasteiger partial charge in [-0.1, -0.05) is 0 Å². The molecule has 3 heteroatoms. The van der Waals surface area contributed by atoms with Gasteiger partial charge in [0.05, 0.1) is 11.2 Å². The van der Waals surface area contributed by atoms with E-state index in [1.54, 1.807) is 0 Å². The summed E-state index contributed by atoms with van der Waals surface area (Å²) in [5, 5.41) is 3.73. The van der Waals surface area contributed by atoms with Gasteiger partial charge in [-0.2, -0.15) is 0 Å². The predicted molar refractivity (Wildman–Crippen MR) is 67.1 cm³/mol. The van der Waals surface area contributed by atoms with Gasteiger partial charge in [-0.05, 0) is 51.4 Å². The molecule has 0 aromatic carbocycles. The van der Waals surface area contributed by atoms with Crippen molar-refractivity contribution in [2.75, 3.05) is 20.3 Å². The summed E-state index contributed by atoms with van der Waals surface area (Å²) >= 11 is 0. The molecule has 2 saturated carbocycles. The zero-order valence-electron chi connectivity index (χ0n) is 11.0. The Kier molecular flexibility index (Phi) is 3.18. The van der Waals surface area contributed by atoms with Crippen molar-refractivity contribution >= 4 is 0 Å². The Labute approximate surface area is 104 Å². The molecule has 0 bridgehead atoms. The minimum Gasteiger partial charge on any atom is -0.377 e. The third kappa shape index (κ3) is 2.25. The van der Waals surface area contributed by atoms with E-state index in [1.165, 1.54) is 51.4 Å². The van der Waals surface area contributed by atoms with Crippen LogP contribution in [0.15, 0.2) is 0 Å². The summed E-state index contributed by atoms with van der Waals surface area (Å²) in [5.41, 5.74) is 0.418. The quantitative estimate of drug-likeness (QED) is 0.816. The van der Waals surface area contributed by atoms with Crippen molar-refractivity contribution in [2.45, 2.75) is 68.6 Å². The maximum Gasteiger partial charge on any atom is 0.0802 e. The first-order chi connectivity index (χ1) is 8.26. The number of ether oxygens (including phenoxy) is 2. The van der Waals surface area contributed by atoms with Gasteiger partial charge in [-0.3, -0.25) is 0 Å². The highest BCUT2D eigenvalue weighted by molar-refractivity contribution is 4.98. The number of methoxy groups -OCH3 is 1. The molecular weight excluding hydrogens is 214 g/mol. The predicted octanol–water partition coefficient (Wildman–Crippen LogP) is 2.25. The second-order valence-electron chi connectivity index (χ2n) is 6.20. The Morgan fingerprint density at radius 2 is 2.00 bits per heavy atom. The number of nitrogens with one attached hydrogen (secondary N) is 1. The molecule has 0 radical (unpaired) electrons. The Morgan fingerprint density at radius 3 is 2.53 bits per heavy atom. The first-order valence-electron chi connectivity index (χ1n) is 7.19. The molecule has 1 atom stereocenters. The van der Waals surface area contributed by atoms with Gasteiger partial charge in [0.1, 0.15) is 0 Å². The molecule has 0 amide bonds. The summed E-state index contributed by atoms with van der Waals surface area (Å²) in [6.07, 6.45) is 10.1. The van der Waals surface area contributed by atoms with Gasteiger partial charge in [0, 0.05) is 26.3 Å². The van der Waals surface area contributed by atoms with Crippen molar-refractivity contribution in [2.24, 2.45) is 0 Å². The molecule has 98 valence electrons. The van der Waals surface area contributed by atoms with E-state index in [2.05, 4.69) is 5.32 Å². The van der Waals surface area contributed by atoms with E-state index < -0.39 is 0 Å². The molecule has 17 heavy (non-hydrogen) atoms. The van der Waals surface area contributed by atoms with Crippen molar-refractivity contribution in [3.63, 3.8) is 0 Å². The van der Waals surface area contributed by atoms with E-state index in [-0.39, 0.29) is 11.2 Å². The lowest BCUT2D eigenvalue weighted by Gasteiger charge is -2.48. The van der Waals surface area contributed by atoms with Gasteiger partial charge in [-0.15, -0.1) is 0 Å². The van der Waals surface area contributed by atoms with Crippen LogP contribution >= 0.6 is 0 Å². The van der Waals surface area contributed by atoms with E-state index in [0.717, 1.165) is 13.2 Å². The summed E-state index contributed by atoms with van der Waals surface area (Å²) in [6, 6.07) is 0.650. The van der Waals surface area contributed by atoms with Crippen LogP contribution in [0.1, 0.15) is 51.4 Å². The van der Waals surface area contributed by atoms with Crippen LogP contribution in [0.2, 0.25) is 0 Å². The highest BCUT2D eigenvalue weighted by Crippen LogP contribution is 2.42. The zero-order valence-corrected chi connectivity index (χ0v) is 11.0. The van der Waals surface area contributed by atoms with E-state index in [9.17, 15) is 0 Å². The summed E-state index contributed by atoms with van der Waals surface area (Å²) in [4.78, 5) is 0. The fraction of sp³-hybridized carbons (Fsp3) is 1.00. The van der Waals surface area contributed by atoms with Crippen LogP contribution in [-0.4, -0.2) is 37.5 Å². The van der Waals surface area contributed by atoms with Crippen LogP contribution in [0.5, 0.6) is 0 Å². The average Bonchev–Trinajstić information content (AvgIpc) is 2.27. The molecule has 3 nitrogen and oxygen atoms in total. The molecular formula is C14H25NO2. The molecule has 1 spiro atoms. The number of hydrogen-bond donors (Lipinski definition) is 1. The Hall–Kier alpha value is -0.120. The normalized spacial score (nSPS) is 34.1. The SMILES string of the molecule is COC1(CNC2CCOC3(CCC3)C2)CCC1. The summed E-state index contributed by atoms with van der Waals surface area (Å²) in [7, 11) is 1.86. The maximum absolute atomic E-state index is 5.96. The summed E-state index contributed by atoms with van der Waals surface area (Å²) in [5.74, 6) is 0. The topological polar surface area (TPSA) is 30.5 Å². The van der Waals surface area contributed by atoms with Crippen molar-refractivity contribution in [3.8, 4) is 0 Å². The molecule has 1 aliphatic heterocycles. The first kappa shape index (κ1) is 11.9. The van der Waals surface area contributed by atoms with Gasteiger partial charge >= 0.3 is 0 Å². The van der Waals surface area contributed by atoms with Crippen LogP contribution in [-0.2, 0) is 9.47 Å². The second kappa shape index (κ2) is 4.52. The zero-order chi connectivity index (χ0) is 11.8. The molecule has 0 aromatic heterocycles. The fourth-order valence-electron chi connectivity index (χ4n) is 3.48. The molecule has 1 heterocycles. The average molecular weight is 239 g/mol. The largest absolute Gasteiger partial charge is 0.377 e. The number of hydrogen-bond acceptors (Lipinski definition) is 3. The minimum absolute atomic E-state index is 0.158. The third-order valence-corrected chi connectivity index (χ3v) is 5.17. The smallest absolute Gasteiger partial charge is 0.0802 e. The van der Waals surface area contributed by atoms with Crippen LogP contribution in [0.25, 0.3) is 0 Å². The van der Waals surface area contributed by atoms with Gasteiger partial charge in [0.2, 0.25) is 0 Å². The number of rotatable bonds is 4. The third-order valence-electron chi connectivity index (χ3n) is 5.17. The molecule has 2 aliphatic carbocycles. The standard InChI is InChI=1S/C14H25NO2/c1-16-14(7-3-8-14)11-15-12-4-9-17-13(10-12)5-2-6-13/h12,15H,2-11H2,1H3. The molecule has 3 fully saturated rings. The van der Waals surface area contributed by atoms with Gasteiger partial charge in [0.25, 0.3) is 0 Å². The monoisotopic (exact) mass is 239 g/mol. The lowest BCUT2D eigenvalue weighted by Crippen LogP contribution is -2.55. The second-order valence-corrected chi connectivity index (χ2v) is 6.20. The Bertz CT molecular complexity index is 266. The van der Waals surface area contributed by atoms with E-state index in [0.29, 0.717) is 6.04 Å². The molecule has 1 saturated heterocycles. The summed E-state index contributed by atoms with van der Waals surface area (Å²) in [6.45, 7) is 1.97. The first-order valence-corrected chi connectivity index (χ1v) is 7.19. The molecule has 1 N–H and O–H groups in total. The lowest BCUT2D eigenvalue weighted by atomic mass is 9.73. The van der Waals surface area contributed by atoms with Crippen LogP contribution < -0.4 is 5.32 Å². The van der Waals surface area contributed by atoms with Crippen LogP contribution in [0, 0.1) is 0 Å². The highest BCUT2D eigenvalue weighted by atomic mass is 16.5. The lowest BCUT2D eigenvalue weighted by molar-refractivity contribution is -0.139. The van der Waals surface area contributed by atoms with Crippen LogP contribution in [0.3, 0.4) is 0 Å². The molecule has 1 unspecified atom stereocenters. The van der Waals surface area contributed by atoms with Crippen molar-refractivity contribution in [1.29, 1.82) is 0 Å². The molecule has 0 aromatic rings. The van der Waals surface area contributed by atoms with Gasteiger partial charge < -0.3 is 14.8 Å². The molecule has 3 rings (SSSR count). The molecule has 3 aliphatic rings. The minimum atomic E-state index is 0.158. The van der Waals surface area contributed by atoms with Crippen molar-refractivity contribution < 1.29 is 9.47 Å².